The van der Waals surface area contributed by atoms with E-state index in [1.54, 1.807) is 11.3 Å². The Labute approximate surface area is 130 Å². The molecule has 0 aromatic carbocycles. The van der Waals surface area contributed by atoms with E-state index < -0.39 is 5.97 Å². The van der Waals surface area contributed by atoms with E-state index in [1.165, 1.54) is 4.90 Å². The first-order valence-corrected chi connectivity index (χ1v) is 8.23. The van der Waals surface area contributed by atoms with Crippen LogP contribution >= 0.6 is 27.3 Å². The van der Waals surface area contributed by atoms with Gasteiger partial charge in [0.1, 0.15) is 6.54 Å². The lowest BCUT2D eigenvalue weighted by atomic mass is 10.2. The maximum atomic E-state index is 12.2. The minimum absolute atomic E-state index is 0.0536. The molecule has 1 aromatic heterocycles. The number of thiophene rings is 1. The van der Waals surface area contributed by atoms with Gasteiger partial charge in [0.2, 0.25) is 0 Å². The molecule has 1 saturated carbocycles. The highest BCUT2D eigenvalue weighted by molar-refractivity contribution is 9.10. The molecule has 110 valence electrons. The van der Waals surface area contributed by atoms with Crippen LogP contribution in [0.15, 0.2) is 15.9 Å². The van der Waals surface area contributed by atoms with Crippen LogP contribution in [0.2, 0.25) is 0 Å². The summed E-state index contributed by atoms with van der Waals surface area (Å²) in [6.07, 6.45) is 3.90. The van der Waals surface area contributed by atoms with Crippen molar-refractivity contribution >= 4 is 39.3 Å². The number of hydrogen-bond donors (Lipinski definition) is 2. The third kappa shape index (κ3) is 3.96. The number of halogens is 1. The van der Waals surface area contributed by atoms with Crippen molar-refractivity contribution in [2.45, 2.75) is 38.3 Å². The van der Waals surface area contributed by atoms with Gasteiger partial charge in [-0.15, -0.1) is 11.3 Å². The van der Waals surface area contributed by atoms with Crippen LogP contribution in [0.4, 0.5) is 4.79 Å². The van der Waals surface area contributed by atoms with Gasteiger partial charge < -0.3 is 15.3 Å². The van der Waals surface area contributed by atoms with Crippen molar-refractivity contribution in [3.05, 3.63) is 20.8 Å². The fourth-order valence-corrected chi connectivity index (χ4v) is 3.87. The number of carbonyl (C=O) groups excluding carboxylic acids is 1. The molecular formula is C13H17BrN2O3S. The Kier molecular flexibility index (Phi) is 5.42. The first-order chi connectivity index (χ1) is 9.58. The third-order valence-electron chi connectivity index (χ3n) is 3.42. The zero-order valence-corrected chi connectivity index (χ0v) is 13.4. The SMILES string of the molecule is O=C(O)CN(C(=O)NCc1sccc1Br)C1CCCC1. The molecule has 2 rings (SSSR count). The van der Waals surface area contributed by atoms with Crippen molar-refractivity contribution in [1.82, 2.24) is 10.2 Å². The predicted octanol–water partition coefficient (Wildman–Crippen LogP) is 3.05. The molecule has 0 atom stereocenters. The largest absolute Gasteiger partial charge is 0.480 e. The quantitative estimate of drug-likeness (QED) is 0.847. The molecule has 20 heavy (non-hydrogen) atoms. The number of rotatable bonds is 5. The Bertz CT molecular complexity index is 486. The van der Waals surface area contributed by atoms with Gasteiger partial charge in [0.05, 0.1) is 6.54 Å². The maximum absolute atomic E-state index is 12.2. The normalized spacial score (nSPS) is 15.2. The Morgan fingerprint density at radius 1 is 1.45 bits per heavy atom. The predicted molar refractivity (Wildman–Crippen MR) is 80.9 cm³/mol. The lowest BCUT2D eigenvalue weighted by Gasteiger charge is -2.27. The molecular weight excluding hydrogens is 344 g/mol. The number of nitrogens with zero attached hydrogens (tertiary/aromatic N) is 1. The lowest BCUT2D eigenvalue weighted by Crippen LogP contribution is -2.47. The summed E-state index contributed by atoms with van der Waals surface area (Å²) in [5.74, 6) is -0.968. The minimum Gasteiger partial charge on any atom is -0.480 e. The molecule has 2 amide bonds. The number of amides is 2. The molecule has 7 heteroatoms. The van der Waals surface area contributed by atoms with E-state index in [0.717, 1.165) is 35.0 Å². The molecule has 5 nitrogen and oxygen atoms in total. The minimum atomic E-state index is -0.968. The van der Waals surface area contributed by atoms with E-state index >= 15 is 0 Å². The number of urea groups is 1. The fourth-order valence-electron chi connectivity index (χ4n) is 2.44. The molecule has 1 aromatic rings. The first-order valence-electron chi connectivity index (χ1n) is 6.56. The number of carboxylic acids is 1. The van der Waals surface area contributed by atoms with E-state index in [-0.39, 0.29) is 18.6 Å². The van der Waals surface area contributed by atoms with Gasteiger partial charge >= 0.3 is 12.0 Å². The van der Waals surface area contributed by atoms with Crippen molar-refractivity contribution in [3.8, 4) is 0 Å². The van der Waals surface area contributed by atoms with E-state index in [2.05, 4.69) is 21.2 Å². The summed E-state index contributed by atoms with van der Waals surface area (Å²) in [5.41, 5.74) is 0. The molecule has 2 N–H and O–H groups in total. The highest BCUT2D eigenvalue weighted by Crippen LogP contribution is 2.24. The lowest BCUT2D eigenvalue weighted by molar-refractivity contribution is -0.138. The third-order valence-corrected chi connectivity index (χ3v) is 5.35. The zero-order valence-electron chi connectivity index (χ0n) is 11.0. The summed E-state index contributed by atoms with van der Waals surface area (Å²) >= 11 is 4.96. The molecule has 0 saturated heterocycles. The molecule has 0 spiro atoms. The summed E-state index contributed by atoms with van der Waals surface area (Å²) in [6, 6.07) is 1.69. The molecule has 0 radical (unpaired) electrons. The van der Waals surface area contributed by atoms with Gasteiger partial charge in [0.25, 0.3) is 0 Å². The Morgan fingerprint density at radius 3 is 2.70 bits per heavy atom. The van der Waals surface area contributed by atoms with E-state index in [0.29, 0.717) is 6.54 Å². The first kappa shape index (κ1) is 15.3. The highest BCUT2D eigenvalue weighted by Gasteiger charge is 2.28. The fraction of sp³-hybridized carbons (Fsp3) is 0.538. The van der Waals surface area contributed by atoms with Crippen LogP contribution in [0, 0.1) is 0 Å². The van der Waals surface area contributed by atoms with E-state index in [4.69, 9.17) is 5.11 Å². The average Bonchev–Trinajstić information content (AvgIpc) is 3.04. The zero-order chi connectivity index (χ0) is 14.5. The van der Waals surface area contributed by atoms with Crippen molar-refractivity contribution in [2.75, 3.05) is 6.54 Å². The van der Waals surface area contributed by atoms with Crippen LogP contribution in [-0.4, -0.2) is 34.6 Å². The van der Waals surface area contributed by atoms with Crippen molar-refractivity contribution < 1.29 is 14.7 Å². The number of nitrogens with one attached hydrogen (secondary N) is 1. The monoisotopic (exact) mass is 360 g/mol. The Hall–Kier alpha value is -1.08. The van der Waals surface area contributed by atoms with Crippen LogP contribution in [0.1, 0.15) is 30.6 Å². The van der Waals surface area contributed by atoms with Crippen LogP contribution < -0.4 is 5.32 Å². The smallest absolute Gasteiger partial charge is 0.323 e. The summed E-state index contributed by atoms with van der Waals surface area (Å²) in [7, 11) is 0. The second-order valence-electron chi connectivity index (χ2n) is 4.81. The van der Waals surface area contributed by atoms with Gasteiger partial charge in [-0.25, -0.2) is 4.79 Å². The summed E-state index contributed by atoms with van der Waals surface area (Å²) < 4.78 is 0.966. The molecule has 1 aliphatic rings. The van der Waals surface area contributed by atoms with Crippen LogP contribution in [-0.2, 0) is 11.3 Å². The van der Waals surface area contributed by atoms with Gasteiger partial charge in [-0.2, -0.15) is 0 Å². The second kappa shape index (κ2) is 7.08. The molecule has 0 bridgehead atoms. The van der Waals surface area contributed by atoms with E-state index in [1.807, 2.05) is 11.4 Å². The van der Waals surface area contributed by atoms with Crippen LogP contribution in [0.3, 0.4) is 0 Å². The van der Waals surface area contributed by atoms with Crippen LogP contribution in [0.5, 0.6) is 0 Å². The van der Waals surface area contributed by atoms with Crippen molar-refractivity contribution in [2.24, 2.45) is 0 Å². The van der Waals surface area contributed by atoms with E-state index in [9.17, 15) is 9.59 Å². The highest BCUT2D eigenvalue weighted by atomic mass is 79.9. The van der Waals surface area contributed by atoms with Gasteiger partial charge in [0, 0.05) is 15.4 Å². The maximum Gasteiger partial charge on any atom is 0.323 e. The van der Waals surface area contributed by atoms with Gasteiger partial charge in [0.15, 0.2) is 0 Å². The van der Waals surface area contributed by atoms with Crippen LogP contribution in [0.25, 0.3) is 0 Å². The standard InChI is InChI=1S/C13H17BrN2O3S/c14-10-5-6-20-11(10)7-15-13(19)16(8-12(17)18)9-3-1-2-4-9/h5-6,9H,1-4,7-8H2,(H,15,19)(H,17,18). The molecule has 1 heterocycles. The molecule has 0 aliphatic heterocycles. The van der Waals surface area contributed by atoms with Crippen molar-refractivity contribution in [3.63, 3.8) is 0 Å². The second-order valence-corrected chi connectivity index (χ2v) is 6.67. The Balaban J connectivity index is 1.95. The topological polar surface area (TPSA) is 69.6 Å². The number of hydrogen-bond acceptors (Lipinski definition) is 3. The summed E-state index contributed by atoms with van der Waals surface area (Å²) in [5, 5.41) is 13.7. The van der Waals surface area contributed by atoms with Gasteiger partial charge in [-0.1, -0.05) is 12.8 Å². The Morgan fingerprint density at radius 2 is 2.15 bits per heavy atom. The van der Waals surface area contributed by atoms with Crippen molar-refractivity contribution in [1.29, 1.82) is 0 Å². The molecule has 1 aliphatic carbocycles. The van der Waals surface area contributed by atoms with Gasteiger partial charge in [-0.05, 0) is 40.2 Å². The van der Waals surface area contributed by atoms with Gasteiger partial charge in [-0.3, -0.25) is 4.79 Å². The average molecular weight is 361 g/mol. The number of carbonyl (C=O) groups is 2. The number of aliphatic carboxylic acids is 1. The molecule has 1 fully saturated rings. The summed E-state index contributed by atoms with van der Waals surface area (Å²) in [6.45, 7) is 0.183. The molecule has 0 unspecified atom stereocenters. The number of carboxylic acid groups (broad SMARTS) is 1. The summed E-state index contributed by atoms with van der Waals surface area (Å²) in [4.78, 5) is 25.6.